The van der Waals surface area contributed by atoms with Crippen molar-refractivity contribution >= 4 is 38.9 Å². The first-order valence-electron chi connectivity index (χ1n) is 6.96. The van der Waals surface area contributed by atoms with Crippen LogP contribution in [0.25, 0.3) is 0 Å². The van der Waals surface area contributed by atoms with E-state index in [1.807, 2.05) is 19.1 Å². The van der Waals surface area contributed by atoms with Crippen molar-refractivity contribution in [1.82, 2.24) is 0 Å². The monoisotopic (exact) mass is 370 g/mol. The van der Waals surface area contributed by atoms with E-state index in [0.717, 1.165) is 28.3 Å². The Bertz CT molecular complexity index is 854. The number of carbonyl (C=O) groups excluding carboxylic acids is 1. The number of hydrogen-bond acceptors (Lipinski definition) is 3. The second-order valence-corrected chi connectivity index (χ2v) is 7.60. The normalized spacial score (nSPS) is 11.2. The van der Waals surface area contributed by atoms with Gasteiger partial charge in [0, 0.05) is 5.69 Å². The number of sulfonamides is 1. The van der Waals surface area contributed by atoms with E-state index in [-0.39, 0.29) is 10.7 Å². The molecule has 5 nitrogen and oxygen atoms in total. The molecule has 2 rings (SSSR count). The molecule has 0 atom stereocenters. The fourth-order valence-corrected chi connectivity index (χ4v) is 3.03. The molecule has 24 heavy (non-hydrogen) atoms. The van der Waals surface area contributed by atoms with E-state index in [0.29, 0.717) is 5.69 Å². The highest BCUT2D eigenvalue weighted by Gasteiger charge is 2.21. The summed E-state index contributed by atoms with van der Waals surface area (Å²) in [6.45, 7) is 1.46. The Morgan fingerprint density at radius 3 is 2.38 bits per heavy atom. The second kappa shape index (κ2) is 7.19. The van der Waals surface area contributed by atoms with Crippen LogP contribution in [0, 0.1) is 12.7 Å². The highest BCUT2D eigenvalue weighted by atomic mass is 35.5. The first-order valence-corrected chi connectivity index (χ1v) is 9.19. The Morgan fingerprint density at radius 2 is 1.83 bits per heavy atom. The van der Waals surface area contributed by atoms with E-state index in [4.69, 9.17) is 11.6 Å². The lowest BCUT2D eigenvalue weighted by atomic mass is 10.2. The summed E-state index contributed by atoms with van der Waals surface area (Å²) in [6, 6.07) is 10.5. The number of amides is 1. The Hall–Kier alpha value is -2.12. The molecule has 0 saturated carbocycles. The molecule has 128 valence electrons. The van der Waals surface area contributed by atoms with E-state index in [1.165, 1.54) is 6.07 Å². The Morgan fingerprint density at radius 1 is 1.21 bits per heavy atom. The van der Waals surface area contributed by atoms with Gasteiger partial charge >= 0.3 is 0 Å². The third-order valence-electron chi connectivity index (χ3n) is 3.21. The lowest BCUT2D eigenvalue weighted by Crippen LogP contribution is -2.37. The van der Waals surface area contributed by atoms with Gasteiger partial charge in [-0.25, -0.2) is 12.8 Å². The second-order valence-electron chi connectivity index (χ2n) is 5.28. The van der Waals surface area contributed by atoms with Gasteiger partial charge in [-0.15, -0.1) is 0 Å². The summed E-state index contributed by atoms with van der Waals surface area (Å²) >= 11 is 5.69. The summed E-state index contributed by atoms with van der Waals surface area (Å²) in [7, 11) is -3.75. The SMILES string of the molecule is Cc1ccc(NC(=O)CN(c2ccc(F)c(Cl)c2)S(C)(=O)=O)cc1. The van der Waals surface area contributed by atoms with Crippen LogP contribution in [0.1, 0.15) is 5.56 Å². The van der Waals surface area contributed by atoms with Gasteiger partial charge in [0.25, 0.3) is 0 Å². The summed E-state index contributed by atoms with van der Waals surface area (Å²) in [5.74, 6) is -1.19. The maximum atomic E-state index is 13.3. The van der Waals surface area contributed by atoms with Gasteiger partial charge < -0.3 is 5.32 Å². The van der Waals surface area contributed by atoms with Crippen LogP contribution < -0.4 is 9.62 Å². The third-order valence-corrected chi connectivity index (χ3v) is 4.64. The van der Waals surface area contributed by atoms with Crippen molar-refractivity contribution in [3.8, 4) is 0 Å². The summed E-state index contributed by atoms with van der Waals surface area (Å²) in [5.41, 5.74) is 1.70. The summed E-state index contributed by atoms with van der Waals surface area (Å²) in [6.07, 6.45) is 0.962. The lowest BCUT2D eigenvalue weighted by Gasteiger charge is -2.22. The van der Waals surface area contributed by atoms with Crippen LogP contribution in [-0.4, -0.2) is 27.1 Å². The molecule has 0 aliphatic rings. The molecule has 0 saturated heterocycles. The minimum absolute atomic E-state index is 0.114. The number of anilines is 2. The number of carbonyl (C=O) groups is 1. The fourth-order valence-electron chi connectivity index (χ4n) is 2.01. The Balaban J connectivity index is 2.21. The highest BCUT2D eigenvalue weighted by molar-refractivity contribution is 7.92. The number of halogens is 2. The lowest BCUT2D eigenvalue weighted by molar-refractivity contribution is -0.114. The van der Waals surface area contributed by atoms with Gasteiger partial charge in [0.2, 0.25) is 15.9 Å². The molecule has 2 aromatic rings. The standard InChI is InChI=1S/C16H16ClFN2O3S/c1-11-3-5-12(6-4-11)19-16(21)10-20(24(2,22)23)13-7-8-15(18)14(17)9-13/h3-9H,10H2,1-2H3,(H,19,21). The predicted molar refractivity (Wildman–Crippen MR) is 93.4 cm³/mol. The number of hydrogen-bond donors (Lipinski definition) is 1. The van der Waals surface area contributed by atoms with Gasteiger partial charge in [0.1, 0.15) is 12.4 Å². The van der Waals surface area contributed by atoms with E-state index < -0.39 is 28.3 Å². The van der Waals surface area contributed by atoms with Crippen LogP contribution in [0.2, 0.25) is 5.02 Å². The maximum absolute atomic E-state index is 13.3. The predicted octanol–water partition coefficient (Wildman–Crippen LogP) is 3.19. The van der Waals surface area contributed by atoms with E-state index in [1.54, 1.807) is 12.1 Å². The average Bonchev–Trinajstić information content (AvgIpc) is 2.49. The quantitative estimate of drug-likeness (QED) is 0.878. The summed E-state index contributed by atoms with van der Waals surface area (Å²) in [4.78, 5) is 12.2. The fraction of sp³-hybridized carbons (Fsp3) is 0.188. The van der Waals surface area contributed by atoms with Gasteiger partial charge in [0.05, 0.1) is 17.0 Å². The van der Waals surface area contributed by atoms with Crippen molar-refractivity contribution in [2.45, 2.75) is 6.92 Å². The zero-order chi connectivity index (χ0) is 17.9. The topological polar surface area (TPSA) is 66.5 Å². The van der Waals surface area contributed by atoms with Crippen molar-refractivity contribution in [1.29, 1.82) is 0 Å². The summed E-state index contributed by atoms with van der Waals surface area (Å²) < 4.78 is 38.1. The third kappa shape index (κ3) is 4.69. The van der Waals surface area contributed by atoms with Crippen molar-refractivity contribution in [3.63, 3.8) is 0 Å². The van der Waals surface area contributed by atoms with Crippen LogP contribution in [-0.2, 0) is 14.8 Å². The molecule has 0 fully saturated rings. The van der Waals surface area contributed by atoms with E-state index in [9.17, 15) is 17.6 Å². The molecule has 0 heterocycles. The molecule has 0 aliphatic heterocycles. The molecule has 0 aromatic heterocycles. The molecule has 1 amide bonds. The van der Waals surface area contributed by atoms with E-state index >= 15 is 0 Å². The molecule has 0 spiro atoms. The van der Waals surface area contributed by atoms with E-state index in [2.05, 4.69) is 5.32 Å². The van der Waals surface area contributed by atoms with Crippen LogP contribution in [0.3, 0.4) is 0 Å². The molecule has 0 radical (unpaired) electrons. The smallest absolute Gasteiger partial charge is 0.245 e. The van der Waals surface area contributed by atoms with Crippen molar-refractivity contribution in [2.24, 2.45) is 0 Å². The molecule has 8 heteroatoms. The van der Waals surface area contributed by atoms with Gasteiger partial charge in [-0.1, -0.05) is 29.3 Å². The van der Waals surface area contributed by atoms with Crippen LogP contribution in [0.15, 0.2) is 42.5 Å². The summed E-state index contributed by atoms with van der Waals surface area (Å²) in [5, 5.41) is 2.39. The first-order chi connectivity index (χ1) is 11.2. The number of nitrogens with one attached hydrogen (secondary N) is 1. The van der Waals surface area contributed by atoms with Gasteiger partial charge in [-0.05, 0) is 37.3 Å². The van der Waals surface area contributed by atoms with Crippen molar-refractivity contribution in [2.75, 3.05) is 22.4 Å². The van der Waals surface area contributed by atoms with Gasteiger partial charge in [-0.2, -0.15) is 0 Å². The van der Waals surface area contributed by atoms with Crippen LogP contribution in [0.4, 0.5) is 15.8 Å². The van der Waals surface area contributed by atoms with Gasteiger partial charge in [-0.3, -0.25) is 9.10 Å². The average molecular weight is 371 g/mol. The Kier molecular flexibility index (Phi) is 5.46. The first kappa shape index (κ1) is 18.2. The molecule has 2 aromatic carbocycles. The molecule has 0 aliphatic carbocycles. The van der Waals surface area contributed by atoms with Crippen LogP contribution in [0.5, 0.6) is 0 Å². The largest absolute Gasteiger partial charge is 0.325 e. The van der Waals surface area contributed by atoms with Crippen LogP contribution >= 0.6 is 11.6 Å². The molecule has 1 N–H and O–H groups in total. The van der Waals surface area contributed by atoms with Gasteiger partial charge in [0.15, 0.2) is 0 Å². The highest BCUT2D eigenvalue weighted by Crippen LogP contribution is 2.24. The number of rotatable bonds is 5. The van der Waals surface area contributed by atoms with Crippen molar-refractivity contribution < 1.29 is 17.6 Å². The Labute approximate surface area is 145 Å². The molecule has 0 unspecified atom stereocenters. The number of aryl methyl sites for hydroxylation is 1. The zero-order valence-electron chi connectivity index (χ0n) is 13.1. The molecular formula is C16H16ClFN2O3S. The molecular weight excluding hydrogens is 355 g/mol. The zero-order valence-corrected chi connectivity index (χ0v) is 14.7. The van der Waals surface area contributed by atoms with Crippen molar-refractivity contribution in [3.05, 3.63) is 58.9 Å². The maximum Gasteiger partial charge on any atom is 0.245 e. The number of benzene rings is 2. The molecule has 0 bridgehead atoms. The minimum Gasteiger partial charge on any atom is -0.325 e. The minimum atomic E-state index is -3.75. The number of nitrogens with zero attached hydrogens (tertiary/aromatic N) is 1.